The molecule has 6 nitrogen and oxygen atoms in total. The molecule has 0 radical (unpaired) electrons. The molecule has 2 rings (SSSR count). The van der Waals surface area contributed by atoms with E-state index in [9.17, 15) is 0 Å². The van der Waals surface area contributed by atoms with Crippen LogP contribution in [0.15, 0.2) is 15.6 Å². The Morgan fingerprint density at radius 2 is 2.44 bits per heavy atom. The molecule has 3 N–H and O–H groups in total. The molecule has 0 fully saturated rings. The largest absolute Gasteiger partial charge is 0.394 e. The fraction of sp³-hybridized carbons (Fsp3) is 0.500. The van der Waals surface area contributed by atoms with Gasteiger partial charge in [-0.15, -0.1) is 0 Å². The standard InChI is InChI=1S/C10H15N5O/c1-7-14-10(16-15-7)9(11)5-8-6-12-3-2-4-13-8/h5,12H,2-4,6,11H2,1H3/b9-5-. The van der Waals surface area contributed by atoms with Crippen LogP contribution in [0.25, 0.3) is 5.70 Å². The van der Waals surface area contributed by atoms with Crippen LogP contribution in [0.3, 0.4) is 0 Å². The first-order valence-corrected chi connectivity index (χ1v) is 5.27. The molecule has 1 aliphatic heterocycles. The third kappa shape index (κ3) is 2.66. The minimum Gasteiger partial charge on any atom is -0.394 e. The van der Waals surface area contributed by atoms with E-state index in [-0.39, 0.29) is 0 Å². The van der Waals surface area contributed by atoms with Crippen LogP contribution in [-0.2, 0) is 0 Å². The summed E-state index contributed by atoms with van der Waals surface area (Å²) in [5, 5.41) is 6.95. The van der Waals surface area contributed by atoms with Crippen molar-refractivity contribution in [1.29, 1.82) is 0 Å². The summed E-state index contributed by atoms with van der Waals surface area (Å²) in [7, 11) is 0. The molecule has 0 spiro atoms. The topological polar surface area (TPSA) is 89.3 Å². The van der Waals surface area contributed by atoms with Gasteiger partial charge >= 0.3 is 0 Å². The van der Waals surface area contributed by atoms with Crippen molar-refractivity contribution in [2.45, 2.75) is 13.3 Å². The first-order valence-electron chi connectivity index (χ1n) is 5.27. The van der Waals surface area contributed by atoms with Crippen LogP contribution in [0.1, 0.15) is 18.1 Å². The van der Waals surface area contributed by atoms with Gasteiger partial charge in [0.15, 0.2) is 5.82 Å². The second kappa shape index (κ2) is 4.89. The molecule has 0 atom stereocenters. The third-order valence-electron chi connectivity index (χ3n) is 2.23. The number of aryl methyl sites for hydroxylation is 1. The van der Waals surface area contributed by atoms with E-state index in [1.54, 1.807) is 13.0 Å². The first kappa shape index (κ1) is 10.8. The van der Waals surface area contributed by atoms with Crippen molar-refractivity contribution in [3.63, 3.8) is 0 Å². The third-order valence-corrected chi connectivity index (χ3v) is 2.23. The fourth-order valence-electron chi connectivity index (χ4n) is 1.45. The molecular weight excluding hydrogens is 206 g/mol. The van der Waals surface area contributed by atoms with E-state index in [0.717, 1.165) is 31.8 Å². The molecule has 86 valence electrons. The quantitative estimate of drug-likeness (QED) is 0.740. The molecule has 1 aromatic rings. The van der Waals surface area contributed by atoms with Gasteiger partial charge in [0.05, 0.1) is 11.4 Å². The molecule has 0 saturated heterocycles. The van der Waals surface area contributed by atoms with E-state index in [1.165, 1.54) is 0 Å². The number of nitrogens with two attached hydrogens (primary N) is 1. The lowest BCUT2D eigenvalue weighted by Crippen LogP contribution is -2.21. The zero-order chi connectivity index (χ0) is 11.4. The Morgan fingerprint density at radius 1 is 1.56 bits per heavy atom. The maximum absolute atomic E-state index is 5.85. The van der Waals surface area contributed by atoms with E-state index in [1.807, 2.05) is 0 Å². The average Bonchev–Trinajstić information content (AvgIpc) is 2.54. The highest BCUT2D eigenvalue weighted by atomic mass is 16.5. The molecule has 1 aromatic heterocycles. The van der Waals surface area contributed by atoms with Crippen LogP contribution in [0, 0.1) is 6.92 Å². The van der Waals surface area contributed by atoms with Gasteiger partial charge in [0.2, 0.25) is 0 Å². The summed E-state index contributed by atoms with van der Waals surface area (Å²) in [6, 6.07) is 0. The second-order valence-electron chi connectivity index (χ2n) is 3.65. The Hall–Kier alpha value is -1.69. The van der Waals surface area contributed by atoms with Crippen molar-refractivity contribution in [1.82, 2.24) is 15.5 Å². The molecule has 0 amide bonds. The predicted molar refractivity (Wildman–Crippen MR) is 61.0 cm³/mol. The van der Waals surface area contributed by atoms with Crippen molar-refractivity contribution in [3.8, 4) is 0 Å². The van der Waals surface area contributed by atoms with Crippen LogP contribution < -0.4 is 11.1 Å². The predicted octanol–water partition coefficient (Wildman–Crippen LogP) is 0.112. The van der Waals surface area contributed by atoms with E-state index in [0.29, 0.717) is 17.4 Å². The summed E-state index contributed by atoms with van der Waals surface area (Å²) < 4.78 is 4.97. The van der Waals surface area contributed by atoms with Gasteiger partial charge in [0.25, 0.3) is 5.89 Å². The number of nitrogens with zero attached hydrogens (tertiary/aromatic N) is 3. The zero-order valence-electron chi connectivity index (χ0n) is 9.23. The Morgan fingerprint density at radius 3 is 3.19 bits per heavy atom. The normalized spacial score (nSPS) is 18.1. The van der Waals surface area contributed by atoms with Crippen molar-refractivity contribution in [2.75, 3.05) is 19.6 Å². The highest BCUT2D eigenvalue weighted by Crippen LogP contribution is 2.06. The molecule has 0 aliphatic carbocycles. The molecule has 0 aromatic carbocycles. The van der Waals surface area contributed by atoms with Crippen molar-refractivity contribution in [3.05, 3.63) is 17.8 Å². The Balaban J connectivity index is 2.13. The van der Waals surface area contributed by atoms with Crippen LogP contribution in [0.2, 0.25) is 0 Å². The molecule has 0 saturated carbocycles. The van der Waals surface area contributed by atoms with E-state index >= 15 is 0 Å². The molecule has 1 aliphatic rings. The SMILES string of the molecule is Cc1noc(/C(N)=C/C2=NCCCNC2)n1. The first-order chi connectivity index (χ1) is 7.75. The maximum atomic E-state index is 5.85. The van der Waals surface area contributed by atoms with Gasteiger partial charge in [-0.1, -0.05) is 5.16 Å². The van der Waals surface area contributed by atoms with Crippen molar-refractivity contribution >= 4 is 11.4 Å². The number of nitrogens with one attached hydrogen (secondary N) is 1. The summed E-state index contributed by atoms with van der Waals surface area (Å²) in [6.45, 7) is 4.30. The summed E-state index contributed by atoms with van der Waals surface area (Å²) in [5.74, 6) is 0.928. The Labute approximate surface area is 93.6 Å². The molecule has 0 bridgehead atoms. The molecular formula is C10H15N5O. The van der Waals surface area contributed by atoms with Crippen LogP contribution >= 0.6 is 0 Å². The van der Waals surface area contributed by atoms with E-state index in [2.05, 4.69) is 20.4 Å². The maximum Gasteiger partial charge on any atom is 0.273 e. The highest BCUT2D eigenvalue weighted by Gasteiger charge is 2.08. The van der Waals surface area contributed by atoms with Gasteiger partial charge in [-0.05, 0) is 26.0 Å². The summed E-state index contributed by atoms with van der Waals surface area (Å²) >= 11 is 0. The number of aliphatic imine (C=N–C) groups is 1. The number of hydrogen-bond donors (Lipinski definition) is 2. The van der Waals surface area contributed by atoms with Gasteiger partial charge < -0.3 is 15.6 Å². The lowest BCUT2D eigenvalue weighted by Gasteiger charge is -1.99. The lowest BCUT2D eigenvalue weighted by molar-refractivity contribution is 0.402. The summed E-state index contributed by atoms with van der Waals surface area (Å²) in [4.78, 5) is 8.46. The zero-order valence-corrected chi connectivity index (χ0v) is 9.23. The minimum absolute atomic E-state index is 0.351. The minimum atomic E-state index is 0.351. The van der Waals surface area contributed by atoms with Gasteiger partial charge in [-0.2, -0.15) is 4.98 Å². The fourth-order valence-corrected chi connectivity index (χ4v) is 1.45. The monoisotopic (exact) mass is 221 g/mol. The molecule has 6 heteroatoms. The van der Waals surface area contributed by atoms with Crippen LogP contribution in [0.5, 0.6) is 0 Å². The second-order valence-corrected chi connectivity index (χ2v) is 3.65. The van der Waals surface area contributed by atoms with Crippen molar-refractivity contribution in [2.24, 2.45) is 10.7 Å². The van der Waals surface area contributed by atoms with Crippen LogP contribution in [-0.4, -0.2) is 35.5 Å². The van der Waals surface area contributed by atoms with E-state index < -0.39 is 0 Å². The van der Waals surface area contributed by atoms with Gasteiger partial charge in [-0.3, -0.25) is 4.99 Å². The molecule has 16 heavy (non-hydrogen) atoms. The lowest BCUT2D eigenvalue weighted by atomic mass is 10.3. The number of hydrogen-bond acceptors (Lipinski definition) is 6. The van der Waals surface area contributed by atoms with Gasteiger partial charge in [0, 0.05) is 13.1 Å². The molecule has 0 unspecified atom stereocenters. The van der Waals surface area contributed by atoms with Crippen molar-refractivity contribution < 1.29 is 4.52 Å². The Kier molecular flexibility index (Phi) is 3.31. The Bertz CT molecular complexity index is 421. The van der Waals surface area contributed by atoms with Gasteiger partial charge in [0.1, 0.15) is 0 Å². The average molecular weight is 221 g/mol. The van der Waals surface area contributed by atoms with E-state index in [4.69, 9.17) is 10.3 Å². The smallest absolute Gasteiger partial charge is 0.273 e. The number of rotatable bonds is 2. The van der Waals surface area contributed by atoms with Crippen LogP contribution in [0.4, 0.5) is 0 Å². The summed E-state index contributed by atoms with van der Waals surface area (Å²) in [5.41, 5.74) is 7.23. The molecule has 2 heterocycles. The summed E-state index contributed by atoms with van der Waals surface area (Å²) in [6.07, 6.45) is 2.84. The number of aromatic nitrogens is 2. The highest BCUT2D eigenvalue weighted by molar-refractivity contribution is 6.01. The van der Waals surface area contributed by atoms with Gasteiger partial charge in [-0.25, -0.2) is 0 Å².